The number of carboxylic acid groups (broad SMARTS) is 1. The van der Waals surface area contributed by atoms with Gasteiger partial charge in [-0.3, -0.25) is 14.5 Å². The summed E-state index contributed by atoms with van der Waals surface area (Å²) < 4.78 is 0. The third-order valence-corrected chi connectivity index (χ3v) is 7.32. The quantitative estimate of drug-likeness (QED) is 0.156. The van der Waals surface area contributed by atoms with E-state index in [1.165, 1.54) is 62.3 Å². The lowest BCUT2D eigenvalue weighted by Crippen LogP contribution is -2.52. The molecule has 3 atom stereocenters. The van der Waals surface area contributed by atoms with Crippen molar-refractivity contribution in [1.29, 1.82) is 0 Å². The zero-order valence-corrected chi connectivity index (χ0v) is 23.3. The molecular formula is C27H49NO6S. The summed E-state index contributed by atoms with van der Waals surface area (Å²) in [5.41, 5.74) is 1.24. The van der Waals surface area contributed by atoms with E-state index in [0.29, 0.717) is 10.7 Å². The molecule has 0 aliphatic heterocycles. The number of rotatable bonds is 20. The van der Waals surface area contributed by atoms with Crippen LogP contribution in [-0.4, -0.2) is 68.8 Å². The molecule has 0 aromatic rings. The average Bonchev–Trinajstić information content (AvgIpc) is 2.79. The minimum atomic E-state index is -1.42. The molecule has 8 heteroatoms. The van der Waals surface area contributed by atoms with Crippen LogP contribution < -0.4 is 0 Å². The SMILES string of the molecule is C/C(=C\CSC[C@@H](C(=O)O)N(C(=O)CO)C(=O)CO)CCC[C@H](C)CCC[C@H](C)CCCC(C)C. The first-order valence-corrected chi connectivity index (χ1v) is 14.2. The van der Waals surface area contributed by atoms with E-state index in [1.807, 2.05) is 0 Å². The van der Waals surface area contributed by atoms with Crippen molar-refractivity contribution in [1.82, 2.24) is 4.90 Å². The third-order valence-electron chi connectivity index (χ3n) is 6.37. The van der Waals surface area contributed by atoms with Crippen LogP contribution >= 0.6 is 11.8 Å². The summed E-state index contributed by atoms with van der Waals surface area (Å²) in [6.07, 6.45) is 13.3. The Labute approximate surface area is 216 Å². The van der Waals surface area contributed by atoms with Crippen LogP contribution in [-0.2, 0) is 14.4 Å². The van der Waals surface area contributed by atoms with Gasteiger partial charge in [0.25, 0.3) is 11.8 Å². The fourth-order valence-corrected chi connectivity index (χ4v) is 5.14. The van der Waals surface area contributed by atoms with Gasteiger partial charge in [0.1, 0.15) is 19.3 Å². The van der Waals surface area contributed by atoms with Crippen molar-refractivity contribution in [2.45, 2.75) is 98.4 Å². The van der Waals surface area contributed by atoms with Gasteiger partial charge < -0.3 is 15.3 Å². The van der Waals surface area contributed by atoms with E-state index < -0.39 is 37.0 Å². The van der Waals surface area contributed by atoms with Crippen molar-refractivity contribution in [3.63, 3.8) is 0 Å². The number of imide groups is 1. The molecule has 204 valence electrons. The van der Waals surface area contributed by atoms with Crippen molar-refractivity contribution in [3.05, 3.63) is 11.6 Å². The monoisotopic (exact) mass is 515 g/mol. The molecule has 0 aliphatic rings. The molecule has 2 amide bonds. The van der Waals surface area contributed by atoms with Crippen LogP contribution in [0.5, 0.6) is 0 Å². The van der Waals surface area contributed by atoms with E-state index in [-0.39, 0.29) is 5.75 Å². The maximum atomic E-state index is 11.8. The second-order valence-corrected chi connectivity index (χ2v) is 11.3. The van der Waals surface area contributed by atoms with Crippen LogP contribution in [0.25, 0.3) is 0 Å². The average molecular weight is 516 g/mol. The Morgan fingerprint density at radius 3 is 1.77 bits per heavy atom. The zero-order chi connectivity index (χ0) is 26.8. The Morgan fingerprint density at radius 1 is 0.829 bits per heavy atom. The number of aliphatic carboxylic acids is 1. The largest absolute Gasteiger partial charge is 0.480 e. The normalized spacial score (nSPS) is 14.6. The predicted molar refractivity (Wildman–Crippen MR) is 143 cm³/mol. The van der Waals surface area contributed by atoms with Gasteiger partial charge in [-0.15, -0.1) is 0 Å². The Bertz CT molecular complexity index is 636. The minimum Gasteiger partial charge on any atom is -0.480 e. The first kappa shape index (κ1) is 33.6. The first-order chi connectivity index (χ1) is 16.5. The molecule has 35 heavy (non-hydrogen) atoms. The van der Waals surface area contributed by atoms with Crippen LogP contribution in [0.1, 0.15) is 92.4 Å². The molecule has 0 fully saturated rings. The summed E-state index contributed by atoms with van der Waals surface area (Å²) in [4.78, 5) is 35.6. The molecule has 0 aromatic heterocycles. The summed E-state index contributed by atoms with van der Waals surface area (Å²) in [5, 5.41) is 27.5. The summed E-state index contributed by atoms with van der Waals surface area (Å²) in [6, 6.07) is -1.42. The van der Waals surface area contributed by atoms with Crippen LogP contribution in [0.3, 0.4) is 0 Å². The van der Waals surface area contributed by atoms with E-state index >= 15 is 0 Å². The summed E-state index contributed by atoms with van der Waals surface area (Å²) in [7, 11) is 0. The van der Waals surface area contributed by atoms with E-state index in [0.717, 1.165) is 30.6 Å². The lowest BCUT2D eigenvalue weighted by atomic mass is 9.91. The van der Waals surface area contributed by atoms with Gasteiger partial charge in [0.2, 0.25) is 0 Å². The Hall–Kier alpha value is -1.38. The van der Waals surface area contributed by atoms with Crippen molar-refractivity contribution in [2.24, 2.45) is 17.8 Å². The van der Waals surface area contributed by atoms with Gasteiger partial charge in [-0.1, -0.05) is 84.3 Å². The highest BCUT2D eigenvalue weighted by molar-refractivity contribution is 7.99. The molecule has 7 nitrogen and oxygen atoms in total. The molecule has 0 saturated carbocycles. The Morgan fingerprint density at radius 2 is 1.31 bits per heavy atom. The van der Waals surface area contributed by atoms with Gasteiger partial charge in [-0.25, -0.2) is 4.79 Å². The lowest BCUT2D eigenvalue weighted by Gasteiger charge is -2.25. The number of allylic oxidation sites excluding steroid dienone is 1. The minimum absolute atomic E-state index is 0.0104. The smallest absolute Gasteiger partial charge is 0.327 e. The number of nitrogens with zero attached hydrogens (tertiary/aromatic N) is 1. The zero-order valence-electron chi connectivity index (χ0n) is 22.5. The maximum absolute atomic E-state index is 11.8. The van der Waals surface area contributed by atoms with Crippen molar-refractivity contribution >= 4 is 29.5 Å². The number of carbonyl (C=O) groups excluding carboxylic acids is 2. The fraction of sp³-hybridized carbons (Fsp3) is 0.815. The molecule has 0 aromatic carbocycles. The van der Waals surface area contributed by atoms with Gasteiger partial charge in [-0.05, 0) is 37.5 Å². The Kier molecular flexibility index (Phi) is 19.0. The molecule has 0 bridgehead atoms. The van der Waals surface area contributed by atoms with Crippen LogP contribution in [0.4, 0.5) is 0 Å². The van der Waals surface area contributed by atoms with Gasteiger partial charge in [0.05, 0.1) is 0 Å². The highest BCUT2D eigenvalue weighted by atomic mass is 32.2. The molecule has 0 radical (unpaired) electrons. The van der Waals surface area contributed by atoms with Crippen molar-refractivity contribution < 1.29 is 29.7 Å². The van der Waals surface area contributed by atoms with Crippen LogP contribution in [0.2, 0.25) is 0 Å². The fourth-order valence-electron chi connectivity index (χ4n) is 4.09. The highest BCUT2D eigenvalue weighted by Gasteiger charge is 2.33. The number of hydrogen-bond acceptors (Lipinski definition) is 6. The molecule has 0 rings (SSSR count). The number of aliphatic hydroxyl groups excluding tert-OH is 2. The molecule has 0 heterocycles. The summed E-state index contributed by atoms with van der Waals surface area (Å²) in [5.74, 6) is -0.513. The second-order valence-electron chi connectivity index (χ2n) is 10.3. The molecular weight excluding hydrogens is 466 g/mol. The molecule has 0 unspecified atom stereocenters. The van der Waals surface area contributed by atoms with Crippen LogP contribution in [0, 0.1) is 17.8 Å². The molecule has 0 spiro atoms. The van der Waals surface area contributed by atoms with E-state index in [2.05, 4.69) is 40.7 Å². The topological polar surface area (TPSA) is 115 Å². The maximum Gasteiger partial charge on any atom is 0.327 e. The number of thioether (sulfide) groups is 1. The second kappa shape index (κ2) is 19.8. The van der Waals surface area contributed by atoms with Gasteiger partial charge in [0.15, 0.2) is 0 Å². The van der Waals surface area contributed by atoms with Gasteiger partial charge in [-0.2, -0.15) is 11.8 Å². The summed E-state index contributed by atoms with van der Waals surface area (Å²) >= 11 is 1.30. The standard InChI is InChI=1S/C27H49NO6S/c1-20(2)9-6-10-21(3)11-7-12-22(4)13-8-14-23(5)15-16-35-19-24(27(33)34)28(25(31)17-29)26(32)18-30/h15,20-22,24,29-30H,6-14,16-19H2,1-5H3,(H,33,34)/b23-15+/t21-,22-,24+/m1/s1. The third kappa shape index (κ3) is 16.1. The lowest BCUT2D eigenvalue weighted by molar-refractivity contribution is -0.159. The van der Waals surface area contributed by atoms with Gasteiger partial charge in [0, 0.05) is 11.5 Å². The van der Waals surface area contributed by atoms with E-state index in [9.17, 15) is 19.5 Å². The van der Waals surface area contributed by atoms with E-state index in [1.54, 1.807) is 0 Å². The molecule has 0 aliphatic carbocycles. The number of carboxylic acids is 1. The highest BCUT2D eigenvalue weighted by Crippen LogP contribution is 2.22. The number of hydrogen-bond donors (Lipinski definition) is 3. The number of amides is 2. The molecule has 3 N–H and O–H groups in total. The molecule has 0 saturated heterocycles. The number of aliphatic hydroxyl groups is 2. The van der Waals surface area contributed by atoms with E-state index in [4.69, 9.17) is 10.2 Å². The van der Waals surface area contributed by atoms with Gasteiger partial charge >= 0.3 is 5.97 Å². The number of carbonyl (C=O) groups is 3. The summed E-state index contributed by atoms with van der Waals surface area (Å²) in [6.45, 7) is 9.37. The van der Waals surface area contributed by atoms with Crippen molar-refractivity contribution in [3.8, 4) is 0 Å². The van der Waals surface area contributed by atoms with Crippen LogP contribution in [0.15, 0.2) is 11.6 Å². The van der Waals surface area contributed by atoms with Crippen molar-refractivity contribution in [2.75, 3.05) is 24.7 Å². The first-order valence-electron chi connectivity index (χ1n) is 13.1. The Balaban J connectivity index is 4.26. The predicted octanol–water partition coefficient (Wildman–Crippen LogP) is 4.90.